The fraction of sp³-hybridized carbons (Fsp3) is 0.556. The highest BCUT2D eigenvalue weighted by Gasteiger charge is 2.33. The zero-order valence-electron chi connectivity index (χ0n) is 7.04. The van der Waals surface area contributed by atoms with Gasteiger partial charge in [-0.25, -0.2) is 0 Å². The van der Waals surface area contributed by atoms with Crippen molar-refractivity contribution in [3.63, 3.8) is 0 Å². The average molecular weight is 189 g/mol. The maximum atomic E-state index is 12.2. The highest BCUT2D eigenvalue weighted by molar-refractivity contribution is 5.29. The first-order valence-corrected chi connectivity index (χ1v) is 4.35. The molecule has 1 aromatic rings. The van der Waals surface area contributed by atoms with Crippen LogP contribution in [0.4, 0.5) is 13.2 Å². The highest BCUT2D eigenvalue weighted by Crippen LogP contribution is 2.32. The Balaban J connectivity index is 2.36. The molecular weight excluding hydrogens is 179 g/mol. The summed E-state index contributed by atoms with van der Waals surface area (Å²) < 4.78 is 36.7. The molecule has 0 bridgehead atoms. The van der Waals surface area contributed by atoms with Crippen molar-refractivity contribution in [2.75, 3.05) is 0 Å². The number of hydrogen-bond acceptors (Lipinski definition) is 0. The quantitative estimate of drug-likeness (QED) is 0.645. The predicted octanol–water partition coefficient (Wildman–Crippen LogP) is 2.91. The van der Waals surface area contributed by atoms with Gasteiger partial charge in [-0.3, -0.25) is 0 Å². The number of rotatable bonds is 0. The lowest BCUT2D eigenvalue weighted by Gasteiger charge is -2.09. The summed E-state index contributed by atoms with van der Waals surface area (Å²) in [5.74, 6) is 0. The Bertz CT molecular complexity index is 288. The molecule has 1 N–H and O–H groups in total. The van der Waals surface area contributed by atoms with Gasteiger partial charge in [-0.1, -0.05) is 0 Å². The molecule has 4 heteroatoms. The highest BCUT2D eigenvalue weighted by atomic mass is 19.4. The first kappa shape index (κ1) is 8.66. The number of halogens is 3. The number of aromatic amines is 1. The minimum absolute atomic E-state index is 0.598. The summed E-state index contributed by atoms with van der Waals surface area (Å²) in [4.78, 5) is 2.45. The fourth-order valence-corrected chi connectivity index (χ4v) is 1.76. The molecule has 1 aliphatic rings. The van der Waals surface area contributed by atoms with E-state index in [1.54, 1.807) is 0 Å². The summed E-state index contributed by atoms with van der Waals surface area (Å²) in [7, 11) is 0. The topological polar surface area (TPSA) is 15.8 Å². The molecule has 0 fully saturated rings. The molecule has 2 rings (SSSR count). The smallest absolute Gasteiger partial charge is 0.355 e. The Kier molecular flexibility index (Phi) is 1.86. The van der Waals surface area contributed by atoms with Crippen LogP contribution in [0, 0.1) is 0 Å². The maximum Gasteiger partial charge on any atom is 0.431 e. The van der Waals surface area contributed by atoms with Crippen molar-refractivity contribution in [3.05, 3.63) is 23.0 Å². The zero-order valence-corrected chi connectivity index (χ0v) is 7.04. The van der Waals surface area contributed by atoms with E-state index in [4.69, 9.17) is 0 Å². The molecule has 0 saturated carbocycles. The molecule has 0 unspecified atom stereocenters. The third-order valence-electron chi connectivity index (χ3n) is 2.42. The lowest BCUT2D eigenvalue weighted by atomic mass is 9.98. The van der Waals surface area contributed by atoms with E-state index in [1.807, 2.05) is 0 Å². The zero-order chi connectivity index (χ0) is 9.47. The van der Waals surface area contributed by atoms with Gasteiger partial charge < -0.3 is 4.98 Å². The molecule has 1 aromatic heterocycles. The SMILES string of the molecule is FC(F)(F)c1cc2c([nH]1)CCCC2. The Morgan fingerprint density at radius 3 is 2.46 bits per heavy atom. The van der Waals surface area contributed by atoms with Crippen LogP contribution in [0.5, 0.6) is 0 Å². The second-order valence-corrected chi connectivity index (χ2v) is 3.39. The molecule has 1 heterocycles. The summed E-state index contributed by atoms with van der Waals surface area (Å²) in [6.07, 6.45) is -0.697. The van der Waals surface area contributed by atoms with E-state index in [0.717, 1.165) is 36.9 Å². The van der Waals surface area contributed by atoms with E-state index in [-0.39, 0.29) is 0 Å². The number of aromatic nitrogens is 1. The molecule has 0 atom stereocenters. The van der Waals surface area contributed by atoms with Crippen LogP contribution in [-0.2, 0) is 19.0 Å². The lowest BCUT2D eigenvalue weighted by Crippen LogP contribution is -2.05. The van der Waals surface area contributed by atoms with Crippen LogP contribution in [0.2, 0.25) is 0 Å². The number of H-pyrrole nitrogens is 1. The minimum atomic E-state index is -4.22. The third-order valence-corrected chi connectivity index (χ3v) is 2.42. The average Bonchev–Trinajstić information content (AvgIpc) is 2.45. The fourth-order valence-electron chi connectivity index (χ4n) is 1.76. The van der Waals surface area contributed by atoms with Crippen LogP contribution in [-0.4, -0.2) is 4.98 Å². The monoisotopic (exact) mass is 189 g/mol. The largest absolute Gasteiger partial charge is 0.431 e. The standard InChI is InChI=1S/C9H10F3N/c10-9(11,12)8-5-6-3-1-2-4-7(6)13-8/h5,13H,1-4H2. The summed E-state index contributed by atoms with van der Waals surface area (Å²) in [5, 5.41) is 0. The Morgan fingerprint density at radius 1 is 1.15 bits per heavy atom. The number of nitrogens with one attached hydrogen (secondary N) is 1. The second kappa shape index (κ2) is 2.79. The molecule has 0 aliphatic heterocycles. The minimum Gasteiger partial charge on any atom is -0.355 e. The lowest BCUT2D eigenvalue weighted by molar-refractivity contribution is -0.140. The van der Waals surface area contributed by atoms with Crippen molar-refractivity contribution in [1.29, 1.82) is 0 Å². The normalized spacial score (nSPS) is 17.2. The van der Waals surface area contributed by atoms with Crippen molar-refractivity contribution >= 4 is 0 Å². The molecule has 0 aromatic carbocycles. The van der Waals surface area contributed by atoms with Crippen molar-refractivity contribution in [1.82, 2.24) is 4.98 Å². The van der Waals surface area contributed by atoms with Crippen molar-refractivity contribution < 1.29 is 13.2 Å². The predicted molar refractivity (Wildman–Crippen MR) is 42.4 cm³/mol. The van der Waals surface area contributed by atoms with E-state index in [9.17, 15) is 13.2 Å². The van der Waals surface area contributed by atoms with Crippen LogP contribution in [0.15, 0.2) is 6.07 Å². The van der Waals surface area contributed by atoms with Crippen molar-refractivity contribution in [2.24, 2.45) is 0 Å². The summed E-state index contributed by atoms with van der Waals surface area (Å²) in [6.45, 7) is 0. The Morgan fingerprint density at radius 2 is 1.85 bits per heavy atom. The van der Waals surface area contributed by atoms with Gasteiger partial charge in [0.1, 0.15) is 5.69 Å². The Hall–Kier alpha value is -0.930. The molecule has 13 heavy (non-hydrogen) atoms. The van der Waals surface area contributed by atoms with Gasteiger partial charge in [0, 0.05) is 5.69 Å². The van der Waals surface area contributed by atoms with Gasteiger partial charge in [-0.05, 0) is 37.3 Å². The van der Waals surface area contributed by atoms with E-state index < -0.39 is 11.9 Å². The van der Waals surface area contributed by atoms with Gasteiger partial charge in [0.2, 0.25) is 0 Å². The number of fused-ring (bicyclic) bond motifs is 1. The van der Waals surface area contributed by atoms with Gasteiger partial charge in [-0.15, -0.1) is 0 Å². The van der Waals surface area contributed by atoms with Crippen LogP contribution >= 0.6 is 0 Å². The maximum absolute atomic E-state index is 12.2. The van der Waals surface area contributed by atoms with Crippen LogP contribution < -0.4 is 0 Å². The van der Waals surface area contributed by atoms with Gasteiger partial charge in [0.05, 0.1) is 0 Å². The molecule has 0 spiro atoms. The van der Waals surface area contributed by atoms with E-state index in [2.05, 4.69) is 4.98 Å². The van der Waals surface area contributed by atoms with Gasteiger partial charge in [-0.2, -0.15) is 13.2 Å². The van der Waals surface area contributed by atoms with Crippen LogP contribution in [0.25, 0.3) is 0 Å². The van der Waals surface area contributed by atoms with Crippen molar-refractivity contribution in [2.45, 2.75) is 31.9 Å². The third kappa shape index (κ3) is 1.57. The van der Waals surface area contributed by atoms with Gasteiger partial charge in [0.25, 0.3) is 0 Å². The number of hydrogen-bond donors (Lipinski definition) is 1. The van der Waals surface area contributed by atoms with E-state index in [0.29, 0.717) is 0 Å². The summed E-state index contributed by atoms with van der Waals surface area (Å²) in [5.41, 5.74) is 1.02. The van der Waals surface area contributed by atoms with E-state index in [1.165, 1.54) is 6.07 Å². The van der Waals surface area contributed by atoms with Gasteiger partial charge in [0.15, 0.2) is 0 Å². The number of alkyl halides is 3. The van der Waals surface area contributed by atoms with Gasteiger partial charge >= 0.3 is 6.18 Å². The summed E-state index contributed by atoms with van der Waals surface area (Å²) in [6, 6.07) is 1.24. The van der Waals surface area contributed by atoms with Crippen LogP contribution in [0.3, 0.4) is 0 Å². The molecule has 0 amide bonds. The molecule has 1 nitrogen and oxygen atoms in total. The summed E-state index contributed by atoms with van der Waals surface area (Å²) >= 11 is 0. The van der Waals surface area contributed by atoms with E-state index >= 15 is 0 Å². The Labute approximate surface area is 74.0 Å². The molecule has 0 radical (unpaired) electrons. The molecular formula is C9H10F3N. The molecule has 72 valence electrons. The first-order valence-electron chi connectivity index (χ1n) is 4.35. The second-order valence-electron chi connectivity index (χ2n) is 3.39. The first-order chi connectivity index (χ1) is 6.07. The molecule has 0 saturated heterocycles. The number of aryl methyl sites for hydroxylation is 2. The van der Waals surface area contributed by atoms with Crippen LogP contribution in [0.1, 0.15) is 29.8 Å². The molecule has 1 aliphatic carbocycles. The van der Waals surface area contributed by atoms with Crippen molar-refractivity contribution in [3.8, 4) is 0 Å².